The highest BCUT2D eigenvalue weighted by Gasteiger charge is 2.28. The summed E-state index contributed by atoms with van der Waals surface area (Å²) in [6, 6.07) is 0. The van der Waals surface area contributed by atoms with Crippen molar-refractivity contribution in [3.63, 3.8) is 0 Å². The Hall–Kier alpha value is -0.530. The number of ether oxygens (including phenoxy) is 1. The maximum atomic E-state index is 11.5. The molecule has 0 radical (unpaired) electrons. The van der Waals surface area contributed by atoms with Gasteiger partial charge in [-0.1, -0.05) is 13.8 Å². The third-order valence-corrected chi connectivity index (χ3v) is 3.28. The molecule has 0 aromatic rings. The molecule has 0 saturated heterocycles. The summed E-state index contributed by atoms with van der Waals surface area (Å²) in [5, 5.41) is 0. The first-order valence-corrected chi connectivity index (χ1v) is 6.08. The highest BCUT2D eigenvalue weighted by atomic mass is 16.5. The molecule has 0 bridgehead atoms. The lowest BCUT2D eigenvalue weighted by atomic mass is 9.72. The summed E-state index contributed by atoms with van der Waals surface area (Å²) in [6.07, 6.45) is 5.49. The molecule has 0 aromatic carbocycles. The van der Waals surface area contributed by atoms with Crippen LogP contribution in [0.1, 0.15) is 59.8 Å². The molecule has 1 rings (SSSR count). The highest BCUT2D eigenvalue weighted by Crippen LogP contribution is 2.39. The summed E-state index contributed by atoms with van der Waals surface area (Å²) < 4.78 is 5.17. The van der Waals surface area contributed by atoms with E-state index in [1.54, 1.807) is 0 Å². The van der Waals surface area contributed by atoms with Crippen molar-refractivity contribution in [2.45, 2.75) is 65.9 Å². The molecule has 0 aromatic heterocycles. The van der Waals surface area contributed by atoms with E-state index in [4.69, 9.17) is 4.74 Å². The quantitative estimate of drug-likeness (QED) is 0.669. The molecule has 1 saturated carbocycles. The fourth-order valence-electron chi connectivity index (χ4n) is 2.21. The summed E-state index contributed by atoms with van der Waals surface area (Å²) >= 11 is 0. The lowest BCUT2D eigenvalue weighted by Gasteiger charge is -2.33. The van der Waals surface area contributed by atoms with Gasteiger partial charge in [0.2, 0.25) is 0 Å². The molecule has 0 spiro atoms. The van der Waals surface area contributed by atoms with Gasteiger partial charge in [0.15, 0.2) is 0 Å². The number of hydrogen-bond acceptors (Lipinski definition) is 2. The van der Waals surface area contributed by atoms with E-state index in [2.05, 4.69) is 13.8 Å². The molecule has 0 N–H and O–H groups in total. The van der Waals surface area contributed by atoms with Crippen LogP contribution in [-0.4, -0.2) is 12.1 Å². The van der Waals surface area contributed by atoms with Gasteiger partial charge in [0.25, 0.3) is 0 Å². The molecule has 2 heteroatoms. The van der Waals surface area contributed by atoms with Crippen molar-refractivity contribution in [1.29, 1.82) is 0 Å². The van der Waals surface area contributed by atoms with Gasteiger partial charge in [-0.05, 0) is 50.9 Å². The fraction of sp³-hybridized carbons (Fsp3) is 0.923. The number of hydrogen-bond donors (Lipinski definition) is 0. The van der Waals surface area contributed by atoms with E-state index >= 15 is 0 Å². The van der Waals surface area contributed by atoms with Crippen LogP contribution in [0.15, 0.2) is 0 Å². The summed E-state index contributed by atoms with van der Waals surface area (Å²) in [4.78, 5) is 11.5. The second-order valence-corrected chi connectivity index (χ2v) is 5.85. The number of rotatable bonds is 3. The van der Waals surface area contributed by atoms with Crippen LogP contribution in [0.25, 0.3) is 0 Å². The number of carbonyl (C=O) groups is 1. The molecule has 1 aliphatic rings. The van der Waals surface area contributed by atoms with Crippen molar-refractivity contribution in [3.8, 4) is 0 Å². The molecule has 0 unspecified atom stereocenters. The molecule has 0 amide bonds. The third kappa shape index (κ3) is 4.67. The molecular weight excluding hydrogens is 188 g/mol. The molecule has 88 valence electrons. The maximum absolute atomic E-state index is 11.5. The van der Waals surface area contributed by atoms with Gasteiger partial charge in [-0.15, -0.1) is 0 Å². The van der Waals surface area contributed by atoms with Crippen LogP contribution in [-0.2, 0) is 9.53 Å². The number of carbonyl (C=O) groups excluding carboxylic acids is 1. The van der Waals surface area contributed by atoms with Crippen molar-refractivity contribution < 1.29 is 9.53 Å². The van der Waals surface area contributed by atoms with E-state index in [1.807, 2.05) is 13.8 Å². The van der Waals surface area contributed by atoms with E-state index in [-0.39, 0.29) is 12.1 Å². The lowest BCUT2D eigenvalue weighted by molar-refractivity contribution is -0.149. The molecular formula is C13H24O2. The minimum Gasteiger partial charge on any atom is -0.463 e. The van der Waals surface area contributed by atoms with Gasteiger partial charge in [-0.3, -0.25) is 4.79 Å². The summed E-state index contributed by atoms with van der Waals surface area (Å²) in [6.45, 7) is 8.44. The van der Waals surface area contributed by atoms with Crippen LogP contribution >= 0.6 is 0 Å². The third-order valence-electron chi connectivity index (χ3n) is 3.28. The van der Waals surface area contributed by atoms with Crippen LogP contribution in [0.2, 0.25) is 0 Å². The maximum Gasteiger partial charge on any atom is 0.306 e. The van der Waals surface area contributed by atoms with Gasteiger partial charge in [0, 0.05) is 6.42 Å². The van der Waals surface area contributed by atoms with E-state index in [0.717, 1.165) is 0 Å². The SMILES string of the molecule is CC(C)OC(=O)CC1CCC(C)(C)CC1. The van der Waals surface area contributed by atoms with E-state index in [1.165, 1.54) is 25.7 Å². The van der Waals surface area contributed by atoms with Gasteiger partial charge in [0.1, 0.15) is 0 Å². The fourth-order valence-corrected chi connectivity index (χ4v) is 2.21. The van der Waals surface area contributed by atoms with E-state index in [9.17, 15) is 4.79 Å². The van der Waals surface area contributed by atoms with Crippen molar-refractivity contribution in [2.24, 2.45) is 11.3 Å². The first kappa shape index (κ1) is 12.5. The molecule has 0 atom stereocenters. The normalized spacial score (nSPS) is 21.7. The molecule has 1 aliphatic carbocycles. The zero-order valence-electron chi connectivity index (χ0n) is 10.5. The lowest BCUT2D eigenvalue weighted by Crippen LogP contribution is -2.24. The number of esters is 1. The highest BCUT2D eigenvalue weighted by molar-refractivity contribution is 5.69. The summed E-state index contributed by atoms with van der Waals surface area (Å²) in [5.74, 6) is 0.541. The Labute approximate surface area is 93.4 Å². The zero-order valence-corrected chi connectivity index (χ0v) is 10.5. The Morgan fingerprint density at radius 1 is 1.33 bits per heavy atom. The molecule has 1 fully saturated rings. The van der Waals surface area contributed by atoms with Crippen LogP contribution in [0, 0.1) is 11.3 Å². The van der Waals surface area contributed by atoms with Crippen LogP contribution in [0.5, 0.6) is 0 Å². The Morgan fingerprint density at radius 3 is 2.33 bits per heavy atom. The molecule has 0 heterocycles. The monoisotopic (exact) mass is 212 g/mol. The van der Waals surface area contributed by atoms with Crippen molar-refractivity contribution in [2.75, 3.05) is 0 Å². The van der Waals surface area contributed by atoms with Crippen molar-refractivity contribution in [3.05, 3.63) is 0 Å². The minimum absolute atomic E-state index is 0.0188. The first-order valence-electron chi connectivity index (χ1n) is 6.08. The van der Waals surface area contributed by atoms with Crippen LogP contribution < -0.4 is 0 Å². The average Bonchev–Trinajstić information content (AvgIpc) is 2.07. The molecule has 15 heavy (non-hydrogen) atoms. The second-order valence-electron chi connectivity index (χ2n) is 5.85. The van der Waals surface area contributed by atoms with Gasteiger partial charge in [-0.2, -0.15) is 0 Å². The van der Waals surface area contributed by atoms with Gasteiger partial charge >= 0.3 is 5.97 Å². The van der Waals surface area contributed by atoms with E-state index in [0.29, 0.717) is 17.8 Å². The summed E-state index contributed by atoms with van der Waals surface area (Å²) in [7, 11) is 0. The molecule has 0 aliphatic heterocycles. The van der Waals surface area contributed by atoms with Crippen molar-refractivity contribution >= 4 is 5.97 Å². The Morgan fingerprint density at radius 2 is 1.87 bits per heavy atom. The van der Waals surface area contributed by atoms with Gasteiger partial charge in [0.05, 0.1) is 6.10 Å². The zero-order chi connectivity index (χ0) is 11.5. The average molecular weight is 212 g/mol. The summed E-state index contributed by atoms with van der Waals surface area (Å²) in [5.41, 5.74) is 0.485. The van der Waals surface area contributed by atoms with E-state index < -0.39 is 0 Å². The minimum atomic E-state index is -0.0188. The Bertz CT molecular complexity index is 209. The van der Waals surface area contributed by atoms with Crippen molar-refractivity contribution in [1.82, 2.24) is 0 Å². The predicted molar refractivity (Wildman–Crippen MR) is 61.6 cm³/mol. The smallest absolute Gasteiger partial charge is 0.306 e. The predicted octanol–water partition coefficient (Wildman–Crippen LogP) is 3.54. The largest absolute Gasteiger partial charge is 0.463 e. The Balaban J connectivity index is 2.27. The topological polar surface area (TPSA) is 26.3 Å². The van der Waals surface area contributed by atoms with Crippen LogP contribution in [0.4, 0.5) is 0 Å². The molecule has 2 nitrogen and oxygen atoms in total. The Kier molecular flexibility index (Phi) is 4.18. The first-order chi connectivity index (χ1) is 6.89. The standard InChI is InChI=1S/C13H24O2/c1-10(2)15-12(14)9-11-5-7-13(3,4)8-6-11/h10-11H,5-9H2,1-4H3. The van der Waals surface area contributed by atoms with Gasteiger partial charge in [-0.25, -0.2) is 0 Å². The van der Waals surface area contributed by atoms with Gasteiger partial charge < -0.3 is 4.74 Å². The second kappa shape index (κ2) is 5.00. The van der Waals surface area contributed by atoms with Crippen LogP contribution in [0.3, 0.4) is 0 Å².